The van der Waals surface area contributed by atoms with E-state index in [1.54, 1.807) is 12.3 Å². The van der Waals surface area contributed by atoms with E-state index in [2.05, 4.69) is 15.2 Å². The van der Waals surface area contributed by atoms with E-state index in [1.165, 1.54) is 11.8 Å². The minimum absolute atomic E-state index is 0.399. The van der Waals surface area contributed by atoms with Crippen molar-refractivity contribution in [2.75, 3.05) is 0 Å². The lowest BCUT2D eigenvalue weighted by molar-refractivity contribution is 0.930. The Bertz CT molecular complexity index is 680. The first kappa shape index (κ1) is 11.4. The molecule has 0 bridgehead atoms. The fraction of sp³-hybridized carbons (Fsp3) is 0. The molecule has 1 aromatic carbocycles. The third kappa shape index (κ3) is 2.30. The van der Waals surface area contributed by atoms with E-state index >= 15 is 0 Å². The van der Waals surface area contributed by atoms with Crippen molar-refractivity contribution in [3.8, 4) is 0 Å². The van der Waals surface area contributed by atoms with Gasteiger partial charge in [-0.15, -0.1) is 10.2 Å². The van der Waals surface area contributed by atoms with Crippen molar-refractivity contribution in [1.82, 2.24) is 15.2 Å². The fourth-order valence-electron chi connectivity index (χ4n) is 1.63. The Kier molecular flexibility index (Phi) is 3.13. The molecule has 0 radical (unpaired) electrons. The molecule has 0 amide bonds. The van der Waals surface area contributed by atoms with Crippen LogP contribution in [0.25, 0.3) is 10.9 Å². The first-order valence-electron chi connectivity index (χ1n) is 5.34. The summed E-state index contributed by atoms with van der Waals surface area (Å²) in [5.41, 5.74) is 0.974. The normalized spacial score (nSPS) is 10.7. The molecular weight excluding hydrogens is 266 g/mol. The van der Waals surface area contributed by atoms with Gasteiger partial charge in [-0.3, -0.25) is 4.98 Å². The summed E-state index contributed by atoms with van der Waals surface area (Å²) < 4.78 is 0. The van der Waals surface area contributed by atoms with Crippen LogP contribution < -0.4 is 0 Å². The number of nitrogens with zero attached hydrogens (tertiary/aromatic N) is 3. The van der Waals surface area contributed by atoms with Gasteiger partial charge in [0.2, 0.25) is 0 Å². The maximum atomic E-state index is 5.71. The van der Waals surface area contributed by atoms with Crippen molar-refractivity contribution in [1.29, 1.82) is 0 Å². The van der Waals surface area contributed by atoms with Gasteiger partial charge in [0.15, 0.2) is 5.15 Å². The lowest BCUT2D eigenvalue weighted by Crippen LogP contribution is -1.86. The SMILES string of the molecule is Clc1ccc(Sc2cccc3cccnc23)nn1. The highest BCUT2D eigenvalue weighted by Gasteiger charge is 2.05. The van der Waals surface area contributed by atoms with E-state index in [0.717, 1.165) is 20.8 Å². The number of pyridine rings is 1. The van der Waals surface area contributed by atoms with E-state index in [9.17, 15) is 0 Å². The van der Waals surface area contributed by atoms with Crippen molar-refractivity contribution >= 4 is 34.3 Å². The molecule has 5 heteroatoms. The van der Waals surface area contributed by atoms with E-state index in [0.29, 0.717) is 5.15 Å². The molecule has 0 N–H and O–H groups in total. The van der Waals surface area contributed by atoms with E-state index in [1.807, 2.05) is 36.4 Å². The second-order valence-electron chi connectivity index (χ2n) is 3.63. The highest BCUT2D eigenvalue weighted by molar-refractivity contribution is 7.99. The summed E-state index contributed by atoms with van der Waals surface area (Å²) >= 11 is 7.25. The standard InChI is InChI=1S/C13H8ClN3S/c14-11-6-7-12(17-16-11)18-10-5-1-3-9-4-2-8-15-13(9)10/h1-8H. The van der Waals surface area contributed by atoms with Crippen LogP contribution in [-0.2, 0) is 0 Å². The van der Waals surface area contributed by atoms with E-state index in [4.69, 9.17) is 11.6 Å². The average Bonchev–Trinajstić information content (AvgIpc) is 2.42. The third-order valence-electron chi connectivity index (χ3n) is 2.42. The Morgan fingerprint density at radius 3 is 2.67 bits per heavy atom. The van der Waals surface area contributed by atoms with Gasteiger partial charge >= 0.3 is 0 Å². The molecule has 0 fully saturated rings. The third-order valence-corrected chi connectivity index (χ3v) is 3.60. The minimum atomic E-state index is 0.399. The maximum absolute atomic E-state index is 5.71. The predicted molar refractivity (Wildman–Crippen MR) is 72.9 cm³/mol. The smallest absolute Gasteiger partial charge is 0.151 e. The van der Waals surface area contributed by atoms with Crippen LogP contribution in [0.2, 0.25) is 5.15 Å². The van der Waals surface area contributed by atoms with Crippen LogP contribution in [0, 0.1) is 0 Å². The largest absolute Gasteiger partial charge is 0.255 e. The molecule has 2 heterocycles. The van der Waals surface area contributed by atoms with Crippen molar-refractivity contribution in [2.24, 2.45) is 0 Å². The van der Waals surface area contributed by atoms with Gasteiger partial charge in [-0.05, 0) is 24.3 Å². The monoisotopic (exact) mass is 273 g/mol. The van der Waals surface area contributed by atoms with Crippen LogP contribution in [0.15, 0.2) is 58.6 Å². The zero-order chi connectivity index (χ0) is 12.4. The topological polar surface area (TPSA) is 38.7 Å². The van der Waals surface area contributed by atoms with Gasteiger partial charge in [0, 0.05) is 16.5 Å². The number of aromatic nitrogens is 3. The first-order valence-corrected chi connectivity index (χ1v) is 6.53. The Morgan fingerprint density at radius 1 is 0.944 bits per heavy atom. The minimum Gasteiger partial charge on any atom is -0.255 e. The number of halogens is 1. The summed E-state index contributed by atoms with van der Waals surface area (Å²) in [5.74, 6) is 0. The quantitative estimate of drug-likeness (QED) is 0.711. The number of rotatable bonds is 2. The molecule has 3 aromatic rings. The van der Waals surface area contributed by atoms with Crippen molar-refractivity contribution in [3.63, 3.8) is 0 Å². The number of fused-ring (bicyclic) bond motifs is 1. The zero-order valence-electron chi connectivity index (χ0n) is 9.25. The summed E-state index contributed by atoms with van der Waals surface area (Å²) in [6, 6.07) is 13.6. The van der Waals surface area contributed by atoms with Crippen molar-refractivity contribution in [2.45, 2.75) is 9.92 Å². The highest BCUT2D eigenvalue weighted by Crippen LogP contribution is 2.30. The van der Waals surface area contributed by atoms with Crippen LogP contribution >= 0.6 is 23.4 Å². The molecule has 88 valence electrons. The maximum Gasteiger partial charge on any atom is 0.151 e. The molecular formula is C13H8ClN3S. The Morgan fingerprint density at radius 2 is 1.83 bits per heavy atom. The molecule has 3 nitrogen and oxygen atoms in total. The van der Waals surface area contributed by atoms with Crippen LogP contribution in [0.3, 0.4) is 0 Å². The molecule has 18 heavy (non-hydrogen) atoms. The van der Waals surface area contributed by atoms with Gasteiger partial charge in [0.1, 0.15) is 5.03 Å². The van der Waals surface area contributed by atoms with Crippen LogP contribution in [-0.4, -0.2) is 15.2 Å². The molecule has 0 aliphatic rings. The van der Waals surface area contributed by atoms with E-state index in [-0.39, 0.29) is 0 Å². The van der Waals surface area contributed by atoms with Gasteiger partial charge in [0.25, 0.3) is 0 Å². The van der Waals surface area contributed by atoms with Gasteiger partial charge in [-0.25, -0.2) is 0 Å². The van der Waals surface area contributed by atoms with Gasteiger partial charge < -0.3 is 0 Å². The fourth-order valence-corrected chi connectivity index (χ4v) is 2.59. The Hall–Kier alpha value is -1.65. The number of para-hydroxylation sites is 1. The molecule has 0 saturated heterocycles. The molecule has 0 aliphatic heterocycles. The summed E-state index contributed by atoms with van der Waals surface area (Å²) in [6.45, 7) is 0. The lowest BCUT2D eigenvalue weighted by Gasteiger charge is -2.04. The Labute approximate surface area is 113 Å². The summed E-state index contributed by atoms with van der Waals surface area (Å²) in [7, 11) is 0. The predicted octanol–water partition coefficient (Wildman–Crippen LogP) is 3.83. The second kappa shape index (κ2) is 4.92. The lowest BCUT2D eigenvalue weighted by atomic mass is 10.2. The number of benzene rings is 1. The average molecular weight is 274 g/mol. The van der Waals surface area contributed by atoms with Gasteiger partial charge in [-0.2, -0.15) is 0 Å². The molecule has 2 aromatic heterocycles. The van der Waals surface area contributed by atoms with Gasteiger partial charge in [-0.1, -0.05) is 41.6 Å². The van der Waals surface area contributed by atoms with Crippen molar-refractivity contribution in [3.05, 3.63) is 53.8 Å². The number of hydrogen-bond acceptors (Lipinski definition) is 4. The van der Waals surface area contributed by atoms with Crippen LogP contribution in [0.4, 0.5) is 0 Å². The Balaban J connectivity index is 2.02. The first-order chi connectivity index (χ1) is 8.83. The molecule has 0 spiro atoms. The van der Waals surface area contributed by atoms with E-state index < -0.39 is 0 Å². The molecule has 3 rings (SSSR count). The molecule has 0 saturated carbocycles. The highest BCUT2D eigenvalue weighted by atomic mass is 35.5. The number of hydrogen-bond donors (Lipinski definition) is 0. The van der Waals surface area contributed by atoms with Gasteiger partial charge in [0.05, 0.1) is 5.52 Å². The molecule has 0 aliphatic carbocycles. The van der Waals surface area contributed by atoms with Crippen LogP contribution in [0.1, 0.15) is 0 Å². The summed E-state index contributed by atoms with van der Waals surface area (Å²) in [4.78, 5) is 5.46. The summed E-state index contributed by atoms with van der Waals surface area (Å²) in [5, 5.41) is 10.2. The molecule has 0 unspecified atom stereocenters. The summed E-state index contributed by atoms with van der Waals surface area (Å²) in [6.07, 6.45) is 1.79. The molecule has 0 atom stereocenters. The second-order valence-corrected chi connectivity index (χ2v) is 5.08. The van der Waals surface area contributed by atoms with Crippen LogP contribution in [0.5, 0.6) is 0 Å². The zero-order valence-corrected chi connectivity index (χ0v) is 10.8. The van der Waals surface area contributed by atoms with Crippen molar-refractivity contribution < 1.29 is 0 Å².